The summed E-state index contributed by atoms with van der Waals surface area (Å²) in [5, 5.41) is 9.70. The molecule has 112 valence electrons. The largest absolute Gasteiger partial charge is 0.496 e. The molecule has 2 atom stereocenters. The number of hydrogen-bond donors (Lipinski definition) is 1. The zero-order chi connectivity index (χ0) is 14.5. The lowest BCUT2D eigenvalue weighted by Crippen LogP contribution is -2.28. The van der Waals surface area contributed by atoms with Crippen LogP contribution in [0.4, 0.5) is 0 Å². The summed E-state index contributed by atoms with van der Waals surface area (Å²) >= 11 is 0. The fourth-order valence-electron chi connectivity index (χ4n) is 2.67. The van der Waals surface area contributed by atoms with E-state index in [1.54, 1.807) is 14.0 Å². The van der Waals surface area contributed by atoms with Gasteiger partial charge in [-0.1, -0.05) is 6.07 Å². The number of ether oxygens (including phenoxy) is 2. The Hall–Kier alpha value is -1.10. The first-order chi connectivity index (χ1) is 9.60. The van der Waals surface area contributed by atoms with Crippen molar-refractivity contribution in [3.05, 3.63) is 29.3 Å². The highest BCUT2D eigenvalue weighted by molar-refractivity contribution is 5.38. The van der Waals surface area contributed by atoms with Crippen LogP contribution in [0.1, 0.15) is 37.0 Å². The van der Waals surface area contributed by atoms with Crippen molar-refractivity contribution >= 4 is 0 Å². The van der Waals surface area contributed by atoms with Crippen molar-refractivity contribution in [3.8, 4) is 5.75 Å². The van der Waals surface area contributed by atoms with Crippen LogP contribution >= 0.6 is 0 Å². The minimum Gasteiger partial charge on any atom is -0.496 e. The van der Waals surface area contributed by atoms with Crippen molar-refractivity contribution < 1.29 is 14.6 Å². The molecule has 0 bridgehead atoms. The lowest BCUT2D eigenvalue weighted by atomic mass is 10.1. The van der Waals surface area contributed by atoms with Gasteiger partial charge in [0.05, 0.1) is 19.3 Å². The summed E-state index contributed by atoms with van der Waals surface area (Å²) in [6.45, 7) is 4.40. The quantitative estimate of drug-likeness (QED) is 0.868. The van der Waals surface area contributed by atoms with E-state index in [9.17, 15) is 5.11 Å². The van der Waals surface area contributed by atoms with Crippen molar-refractivity contribution in [2.45, 2.75) is 38.5 Å². The lowest BCUT2D eigenvalue weighted by Gasteiger charge is -2.22. The Morgan fingerprint density at radius 3 is 2.90 bits per heavy atom. The van der Waals surface area contributed by atoms with Gasteiger partial charge in [-0.25, -0.2) is 0 Å². The molecule has 1 heterocycles. The number of benzene rings is 1. The average molecular weight is 279 g/mol. The van der Waals surface area contributed by atoms with Crippen LogP contribution in [0, 0.1) is 0 Å². The summed E-state index contributed by atoms with van der Waals surface area (Å²) < 4.78 is 11.1. The fourth-order valence-corrected chi connectivity index (χ4v) is 2.67. The van der Waals surface area contributed by atoms with Crippen molar-refractivity contribution in [2.75, 3.05) is 27.3 Å². The normalized spacial score (nSPS) is 20.4. The maximum Gasteiger partial charge on any atom is 0.123 e. The predicted octanol–water partition coefficient (Wildman–Crippen LogP) is 2.36. The van der Waals surface area contributed by atoms with Gasteiger partial charge in [-0.15, -0.1) is 0 Å². The summed E-state index contributed by atoms with van der Waals surface area (Å²) in [4.78, 5) is 2.25. The van der Waals surface area contributed by atoms with Gasteiger partial charge in [0.15, 0.2) is 0 Å². The molecule has 20 heavy (non-hydrogen) atoms. The Morgan fingerprint density at radius 2 is 2.30 bits per heavy atom. The number of rotatable bonds is 6. The molecule has 1 fully saturated rings. The number of methoxy groups -OCH3 is 1. The summed E-state index contributed by atoms with van der Waals surface area (Å²) in [6, 6.07) is 5.86. The molecule has 2 rings (SSSR count). The summed E-state index contributed by atoms with van der Waals surface area (Å²) in [5.74, 6) is 0.869. The van der Waals surface area contributed by atoms with E-state index in [4.69, 9.17) is 9.47 Å². The SMILES string of the molecule is COc1ccc(C(C)O)cc1CN(C)CC1CCCO1. The number of likely N-dealkylation sites (N-methyl/N-ethyl adjacent to an activating group) is 1. The van der Waals surface area contributed by atoms with E-state index < -0.39 is 6.10 Å². The van der Waals surface area contributed by atoms with E-state index in [0.717, 1.165) is 43.0 Å². The molecule has 1 N–H and O–H groups in total. The number of hydrogen-bond acceptors (Lipinski definition) is 4. The molecule has 1 aromatic rings. The zero-order valence-corrected chi connectivity index (χ0v) is 12.6. The Balaban J connectivity index is 2.03. The van der Waals surface area contributed by atoms with E-state index in [-0.39, 0.29) is 0 Å². The summed E-state index contributed by atoms with van der Waals surface area (Å²) in [5.41, 5.74) is 2.03. The van der Waals surface area contributed by atoms with E-state index in [1.807, 2.05) is 18.2 Å². The van der Waals surface area contributed by atoms with Crippen molar-refractivity contribution in [2.24, 2.45) is 0 Å². The molecule has 2 unspecified atom stereocenters. The maximum absolute atomic E-state index is 9.70. The number of aliphatic hydroxyl groups is 1. The minimum atomic E-state index is -0.455. The third-order valence-corrected chi connectivity index (χ3v) is 3.77. The monoisotopic (exact) mass is 279 g/mol. The minimum absolute atomic E-state index is 0.353. The second-order valence-electron chi connectivity index (χ2n) is 5.58. The number of aliphatic hydroxyl groups excluding tert-OH is 1. The fraction of sp³-hybridized carbons (Fsp3) is 0.625. The molecular weight excluding hydrogens is 254 g/mol. The second kappa shape index (κ2) is 7.07. The highest BCUT2D eigenvalue weighted by Gasteiger charge is 2.18. The van der Waals surface area contributed by atoms with Gasteiger partial charge in [0.25, 0.3) is 0 Å². The summed E-state index contributed by atoms with van der Waals surface area (Å²) in [6.07, 6.45) is 2.21. The van der Waals surface area contributed by atoms with Gasteiger partial charge in [0.1, 0.15) is 5.75 Å². The topological polar surface area (TPSA) is 41.9 Å². The van der Waals surface area contributed by atoms with Crippen molar-refractivity contribution in [1.82, 2.24) is 4.90 Å². The molecular formula is C16H25NO3. The molecule has 1 aliphatic rings. The molecule has 1 aromatic carbocycles. The molecule has 1 saturated heterocycles. The zero-order valence-electron chi connectivity index (χ0n) is 12.6. The first-order valence-electron chi connectivity index (χ1n) is 7.25. The first kappa shape index (κ1) is 15.3. The van der Waals surface area contributed by atoms with Crippen LogP contribution in [0.15, 0.2) is 18.2 Å². The second-order valence-corrected chi connectivity index (χ2v) is 5.58. The molecule has 4 heteroatoms. The molecule has 0 aliphatic carbocycles. The molecule has 0 radical (unpaired) electrons. The Labute approximate surface area is 121 Å². The van der Waals surface area contributed by atoms with Gasteiger partial charge in [0.2, 0.25) is 0 Å². The molecule has 0 amide bonds. The van der Waals surface area contributed by atoms with Gasteiger partial charge in [-0.2, -0.15) is 0 Å². The molecule has 0 spiro atoms. The molecule has 4 nitrogen and oxygen atoms in total. The van der Waals surface area contributed by atoms with Gasteiger partial charge in [-0.05, 0) is 44.5 Å². The van der Waals surface area contributed by atoms with Crippen LogP contribution in [0.25, 0.3) is 0 Å². The predicted molar refractivity (Wildman–Crippen MR) is 78.9 cm³/mol. The standard InChI is InChI=1S/C16H25NO3/c1-12(18)13-6-7-16(19-3)14(9-13)10-17(2)11-15-5-4-8-20-15/h6-7,9,12,15,18H,4-5,8,10-11H2,1-3H3. The van der Waals surface area contributed by atoms with E-state index in [0.29, 0.717) is 6.10 Å². The Morgan fingerprint density at radius 1 is 1.50 bits per heavy atom. The van der Waals surface area contributed by atoms with Crippen molar-refractivity contribution in [3.63, 3.8) is 0 Å². The van der Waals surface area contributed by atoms with Gasteiger partial charge >= 0.3 is 0 Å². The van der Waals surface area contributed by atoms with Crippen LogP contribution in [0.2, 0.25) is 0 Å². The van der Waals surface area contributed by atoms with Crippen molar-refractivity contribution in [1.29, 1.82) is 0 Å². The van der Waals surface area contributed by atoms with Crippen LogP contribution in [-0.2, 0) is 11.3 Å². The Bertz CT molecular complexity index is 428. The van der Waals surface area contributed by atoms with E-state index in [1.165, 1.54) is 6.42 Å². The van der Waals surface area contributed by atoms with E-state index >= 15 is 0 Å². The third kappa shape index (κ3) is 3.95. The Kier molecular flexibility index (Phi) is 5.40. The molecule has 0 aromatic heterocycles. The first-order valence-corrected chi connectivity index (χ1v) is 7.25. The van der Waals surface area contributed by atoms with Crippen LogP contribution in [-0.4, -0.2) is 43.4 Å². The van der Waals surface area contributed by atoms with Crippen LogP contribution in [0.3, 0.4) is 0 Å². The average Bonchev–Trinajstić information content (AvgIpc) is 2.91. The highest BCUT2D eigenvalue weighted by atomic mass is 16.5. The van der Waals surface area contributed by atoms with E-state index in [2.05, 4.69) is 11.9 Å². The maximum atomic E-state index is 9.70. The number of nitrogens with zero attached hydrogens (tertiary/aromatic N) is 1. The molecule has 0 saturated carbocycles. The van der Waals surface area contributed by atoms with Crippen LogP contribution in [0.5, 0.6) is 5.75 Å². The lowest BCUT2D eigenvalue weighted by molar-refractivity contribution is 0.0790. The highest BCUT2D eigenvalue weighted by Crippen LogP contribution is 2.25. The third-order valence-electron chi connectivity index (χ3n) is 3.77. The van der Waals surface area contributed by atoms with Gasteiger partial charge in [0, 0.05) is 25.3 Å². The van der Waals surface area contributed by atoms with Crippen LogP contribution < -0.4 is 4.74 Å². The molecule has 1 aliphatic heterocycles. The van der Waals surface area contributed by atoms with Gasteiger partial charge < -0.3 is 14.6 Å². The summed E-state index contributed by atoms with van der Waals surface area (Å²) in [7, 11) is 3.77. The smallest absolute Gasteiger partial charge is 0.123 e. The van der Waals surface area contributed by atoms with Gasteiger partial charge in [-0.3, -0.25) is 4.90 Å².